The Labute approximate surface area is 149 Å². The number of carbonyl (C=O) groups excluding carboxylic acids is 2. The number of nitro groups is 1. The molecule has 1 aliphatic heterocycles. The first-order valence-electron chi connectivity index (χ1n) is 8.10. The topological polar surface area (TPSA) is 114 Å². The summed E-state index contributed by atoms with van der Waals surface area (Å²) in [6, 6.07) is 5.98. The Morgan fingerprint density at radius 3 is 2.42 bits per heavy atom. The van der Waals surface area contributed by atoms with Gasteiger partial charge in [0, 0.05) is 45.2 Å². The number of nitro benzene ring substituents is 1. The van der Waals surface area contributed by atoms with E-state index >= 15 is 0 Å². The van der Waals surface area contributed by atoms with Crippen LogP contribution in [0.1, 0.15) is 23.1 Å². The van der Waals surface area contributed by atoms with Gasteiger partial charge >= 0.3 is 0 Å². The number of non-ortho nitro benzene ring substituents is 1. The van der Waals surface area contributed by atoms with Crippen molar-refractivity contribution in [2.24, 2.45) is 0 Å². The first-order valence-corrected chi connectivity index (χ1v) is 8.10. The van der Waals surface area contributed by atoms with Crippen LogP contribution < -0.4 is 0 Å². The first kappa shape index (κ1) is 17.5. The standard InChI is InChI=1S/C16H18N6O4/c1-11-15(16(24)20-8-6-19(7-9-20)12(2)23)17-18-21(11)13-4-3-5-14(10-13)22(25)26/h3-5,10H,6-9H2,1-2H3. The molecule has 1 aromatic heterocycles. The van der Waals surface area contributed by atoms with Gasteiger partial charge in [-0.25, -0.2) is 4.68 Å². The highest BCUT2D eigenvalue weighted by molar-refractivity contribution is 5.93. The van der Waals surface area contributed by atoms with Gasteiger partial charge in [0.1, 0.15) is 0 Å². The highest BCUT2D eigenvalue weighted by atomic mass is 16.6. The largest absolute Gasteiger partial charge is 0.339 e. The second-order valence-electron chi connectivity index (χ2n) is 6.01. The van der Waals surface area contributed by atoms with Crippen molar-refractivity contribution in [2.75, 3.05) is 26.2 Å². The van der Waals surface area contributed by atoms with E-state index in [0.717, 1.165) is 0 Å². The van der Waals surface area contributed by atoms with Crippen molar-refractivity contribution in [3.63, 3.8) is 0 Å². The highest BCUT2D eigenvalue weighted by Gasteiger charge is 2.27. The summed E-state index contributed by atoms with van der Waals surface area (Å²) >= 11 is 0. The summed E-state index contributed by atoms with van der Waals surface area (Å²) in [4.78, 5) is 37.9. The Balaban J connectivity index is 1.81. The molecular weight excluding hydrogens is 340 g/mol. The Hall–Kier alpha value is -3.30. The molecule has 3 rings (SSSR count). The van der Waals surface area contributed by atoms with Crippen LogP contribution in [0.2, 0.25) is 0 Å². The molecule has 2 amide bonds. The van der Waals surface area contributed by atoms with Crippen molar-refractivity contribution in [1.29, 1.82) is 0 Å². The van der Waals surface area contributed by atoms with Gasteiger partial charge in [-0.3, -0.25) is 19.7 Å². The fourth-order valence-electron chi connectivity index (χ4n) is 2.88. The Bertz CT molecular complexity index is 869. The first-order chi connectivity index (χ1) is 12.4. The number of amides is 2. The number of nitrogens with zero attached hydrogens (tertiary/aromatic N) is 6. The zero-order valence-electron chi connectivity index (χ0n) is 14.5. The van der Waals surface area contributed by atoms with Crippen LogP contribution in [0.4, 0.5) is 5.69 Å². The summed E-state index contributed by atoms with van der Waals surface area (Å²) in [6.45, 7) is 5.03. The summed E-state index contributed by atoms with van der Waals surface area (Å²) < 4.78 is 1.41. The third-order valence-electron chi connectivity index (χ3n) is 4.39. The van der Waals surface area contributed by atoms with Crippen LogP contribution in [-0.2, 0) is 4.79 Å². The van der Waals surface area contributed by atoms with Gasteiger partial charge in [0.2, 0.25) is 5.91 Å². The maximum atomic E-state index is 12.7. The monoisotopic (exact) mass is 358 g/mol. The predicted molar refractivity (Wildman–Crippen MR) is 90.9 cm³/mol. The number of hydrogen-bond acceptors (Lipinski definition) is 6. The average molecular weight is 358 g/mol. The number of benzene rings is 1. The fourth-order valence-corrected chi connectivity index (χ4v) is 2.88. The van der Waals surface area contributed by atoms with Crippen LogP contribution in [0.25, 0.3) is 5.69 Å². The van der Waals surface area contributed by atoms with Crippen molar-refractivity contribution in [2.45, 2.75) is 13.8 Å². The Kier molecular flexibility index (Phi) is 4.65. The van der Waals surface area contributed by atoms with Crippen LogP contribution >= 0.6 is 0 Å². The molecule has 0 atom stereocenters. The summed E-state index contributed by atoms with van der Waals surface area (Å²) in [7, 11) is 0. The summed E-state index contributed by atoms with van der Waals surface area (Å²) in [5.74, 6) is -0.271. The quantitative estimate of drug-likeness (QED) is 0.592. The van der Waals surface area contributed by atoms with Crippen molar-refractivity contribution in [3.05, 3.63) is 45.8 Å². The number of aromatic nitrogens is 3. The molecule has 1 aliphatic rings. The molecule has 1 saturated heterocycles. The molecule has 1 aromatic carbocycles. The molecule has 10 heteroatoms. The van der Waals surface area contributed by atoms with Crippen molar-refractivity contribution < 1.29 is 14.5 Å². The Morgan fingerprint density at radius 2 is 1.81 bits per heavy atom. The molecule has 0 saturated carbocycles. The molecule has 0 unspecified atom stereocenters. The van der Waals surface area contributed by atoms with Crippen LogP contribution in [0, 0.1) is 17.0 Å². The van der Waals surface area contributed by atoms with E-state index in [1.54, 1.807) is 28.9 Å². The van der Waals surface area contributed by atoms with Crippen molar-refractivity contribution in [3.8, 4) is 5.69 Å². The van der Waals surface area contributed by atoms with Crippen molar-refractivity contribution >= 4 is 17.5 Å². The van der Waals surface area contributed by atoms with E-state index in [9.17, 15) is 19.7 Å². The number of rotatable bonds is 3. The maximum Gasteiger partial charge on any atom is 0.276 e. The number of hydrogen-bond donors (Lipinski definition) is 0. The average Bonchev–Trinajstić information content (AvgIpc) is 3.02. The SMILES string of the molecule is CC(=O)N1CCN(C(=O)c2nnn(-c3cccc([N+](=O)[O-])c3)c2C)CC1. The molecule has 2 heterocycles. The zero-order chi connectivity index (χ0) is 18.8. The summed E-state index contributed by atoms with van der Waals surface area (Å²) in [5.41, 5.74) is 1.10. The lowest BCUT2D eigenvalue weighted by molar-refractivity contribution is -0.384. The minimum Gasteiger partial charge on any atom is -0.339 e. The minimum atomic E-state index is -0.490. The molecule has 0 spiro atoms. The molecule has 2 aromatic rings. The van der Waals surface area contributed by atoms with Crippen LogP contribution in [0.5, 0.6) is 0 Å². The van der Waals surface area contributed by atoms with Gasteiger partial charge in [-0.2, -0.15) is 0 Å². The molecule has 0 aliphatic carbocycles. The van der Waals surface area contributed by atoms with Crippen molar-refractivity contribution in [1.82, 2.24) is 24.8 Å². The van der Waals surface area contributed by atoms with Gasteiger partial charge in [-0.15, -0.1) is 5.10 Å². The molecule has 136 valence electrons. The molecule has 0 bridgehead atoms. The van der Waals surface area contributed by atoms with Gasteiger partial charge in [0.25, 0.3) is 11.6 Å². The zero-order valence-corrected chi connectivity index (χ0v) is 14.5. The van der Waals surface area contributed by atoms with Gasteiger partial charge in [0.15, 0.2) is 5.69 Å². The van der Waals surface area contributed by atoms with E-state index in [2.05, 4.69) is 10.3 Å². The second kappa shape index (κ2) is 6.90. The Morgan fingerprint density at radius 1 is 1.15 bits per heavy atom. The van der Waals surface area contributed by atoms with Crippen LogP contribution in [0.15, 0.2) is 24.3 Å². The lowest BCUT2D eigenvalue weighted by Gasteiger charge is -2.33. The third-order valence-corrected chi connectivity index (χ3v) is 4.39. The summed E-state index contributed by atoms with van der Waals surface area (Å²) in [5, 5.41) is 18.9. The molecule has 1 fully saturated rings. The van der Waals surface area contributed by atoms with Gasteiger partial charge in [-0.1, -0.05) is 11.3 Å². The molecule has 26 heavy (non-hydrogen) atoms. The third kappa shape index (κ3) is 3.25. The van der Waals surface area contributed by atoms with Gasteiger partial charge in [-0.05, 0) is 13.0 Å². The van der Waals surface area contributed by atoms with E-state index in [-0.39, 0.29) is 23.2 Å². The molecular formula is C16H18N6O4. The van der Waals surface area contributed by atoms with E-state index in [1.807, 2.05) is 0 Å². The summed E-state index contributed by atoms with van der Waals surface area (Å²) in [6.07, 6.45) is 0. The van der Waals surface area contributed by atoms with E-state index in [1.165, 1.54) is 23.7 Å². The van der Waals surface area contributed by atoms with E-state index in [0.29, 0.717) is 37.6 Å². The van der Waals surface area contributed by atoms with Crippen LogP contribution in [-0.4, -0.2) is 67.7 Å². The maximum absolute atomic E-state index is 12.7. The number of piperazine rings is 1. The lowest BCUT2D eigenvalue weighted by Crippen LogP contribution is -2.50. The second-order valence-corrected chi connectivity index (χ2v) is 6.01. The molecule has 0 N–H and O–H groups in total. The molecule has 10 nitrogen and oxygen atoms in total. The fraction of sp³-hybridized carbons (Fsp3) is 0.375. The highest BCUT2D eigenvalue weighted by Crippen LogP contribution is 2.19. The van der Waals surface area contributed by atoms with E-state index < -0.39 is 4.92 Å². The normalized spacial score (nSPS) is 14.4. The van der Waals surface area contributed by atoms with Gasteiger partial charge in [0.05, 0.1) is 16.3 Å². The number of carbonyl (C=O) groups is 2. The molecule has 0 radical (unpaired) electrons. The predicted octanol–water partition coefficient (Wildman–Crippen LogP) is 0.788. The smallest absolute Gasteiger partial charge is 0.276 e. The lowest BCUT2D eigenvalue weighted by atomic mass is 10.2. The van der Waals surface area contributed by atoms with Gasteiger partial charge < -0.3 is 9.80 Å². The van der Waals surface area contributed by atoms with E-state index in [4.69, 9.17) is 0 Å². The minimum absolute atomic E-state index is 0.00936. The van der Waals surface area contributed by atoms with Crippen LogP contribution in [0.3, 0.4) is 0 Å².